The van der Waals surface area contributed by atoms with Gasteiger partial charge in [0.1, 0.15) is 5.84 Å². The minimum Gasteiger partial charge on any atom is -0.305 e. The number of halogens is 3. The van der Waals surface area contributed by atoms with Crippen LogP contribution >= 0.6 is 11.8 Å². The number of nitrogens with zero attached hydrogens (tertiary/aromatic N) is 3. The van der Waals surface area contributed by atoms with Gasteiger partial charge in [-0.05, 0) is 62.6 Å². The summed E-state index contributed by atoms with van der Waals surface area (Å²) in [6.07, 6.45) is -3.34. The number of alkyl halides is 3. The minimum atomic E-state index is -4.33. The molecule has 0 bridgehead atoms. The zero-order valence-corrected chi connectivity index (χ0v) is 17.4. The Labute approximate surface area is 172 Å². The van der Waals surface area contributed by atoms with Gasteiger partial charge in [-0.1, -0.05) is 30.0 Å². The predicted octanol–water partition coefficient (Wildman–Crippen LogP) is 6.08. The van der Waals surface area contributed by atoms with E-state index in [1.807, 2.05) is 18.2 Å². The predicted molar refractivity (Wildman–Crippen MR) is 113 cm³/mol. The molecule has 29 heavy (non-hydrogen) atoms. The molecule has 0 aromatic heterocycles. The van der Waals surface area contributed by atoms with Crippen molar-refractivity contribution in [3.63, 3.8) is 0 Å². The Morgan fingerprint density at radius 3 is 2.34 bits per heavy atom. The van der Waals surface area contributed by atoms with Gasteiger partial charge in [0.15, 0.2) is 5.17 Å². The van der Waals surface area contributed by atoms with E-state index >= 15 is 0 Å². The molecule has 152 valence electrons. The van der Waals surface area contributed by atoms with E-state index in [2.05, 4.69) is 25.7 Å². The van der Waals surface area contributed by atoms with Crippen molar-refractivity contribution in [3.8, 4) is 11.1 Å². The normalized spacial score (nSPS) is 18.3. The maximum absolute atomic E-state index is 12.8. The van der Waals surface area contributed by atoms with Gasteiger partial charge in [0.05, 0.1) is 11.1 Å². The highest BCUT2D eigenvalue weighted by molar-refractivity contribution is 8.14. The number of rotatable bonds is 1. The fraction of sp³-hybridized carbons (Fsp3) is 0.364. The van der Waals surface area contributed by atoms with Crippen LogP contribution in [0.3, 0.4) is 0 Å². The molecule has 0 aliphatic carbocycles. The average molecular weight is 418 g/mol. The quantitative estimate of drug-likeness (QED) is 0.562. The zero-order chi connectivity index (χ0) is 20.8. The Morgan fingerprint density at radius 1 is 1.00 bits per heavy atom. The first-order chi connectivity index (χ1) is 13.6. The van der Waals surface area contributed by atoms with Crippen LogP contribution in [0.5, 0.6) is 0 Å². The van der Waals surface area contributed by atoms with Crippen LogP contribution in [0.25, 0.3) is 11.1 Å². The van der Waals surface area contributed by atoms with Crippen molar-refractivity contribution in [1.29, 1.82) is 0 Å². The lowest BCUT2D eigenvalue weighted by Crippen LogP contribution is -2.43. The van der Waals surface area contributed by atoms with Crippen LogP contribution in [0.15, 0.2) is 57.3 Å². The summed E-state index contributed by atoms with van der Waals surface area (Å²) in [6.45, 7) is 7.88. The van der Waals surface area contributed by atoms with Crippen molar-refractivity contribution in [2.24, 2.45) is 9.98 Å². The van der Waals surface area contributed by atoms with Crippen molar-refractivity contribution >= 4 is 22.8 Å². The summed E-state index contributed by atoms with van der Waals surface area (Å²) >= 11 is 1.60. The number of fused-ring (bicyclic) bond motifs is 3. The Kier molecular flexibility index (Phi) is 4.97. The third-order valence-electron chi connectivity index (χ3n) is 4.69. The first kappa shape index (κ1) is 20.0. The van der Waals surface area contributed by atoms with E-state index in [-0.39, 0.29) is 5.54 Å². The fourth-order valence-electron chi connectivity index (χ4n) is 3.37. The molecule has 4 rings (SSSR count). The van der Waals surface area contributed by atoms with Crippen LogP contribution in [0.4, 0.5) is 13.2 Å². The molecular weight excluding hydrogens is 395 g/mol. The lowest BCUT2D eigenvalue weighted by Gasteiger charge is -2.36. The largest absolute Gasteiger partial charge is 0.416 e. The van der Waals surface area contributed by atoms with Gasteiger partial charge in [-0.15, -0.1) is 0 Å². The number of aliphatic imine (C=N–C) groups is 2. The van der Waals surface area contributed by atoms with E-state index in [0.717, 1.165) is 64.2 Å². The van der Waals surface area contributed by atoms with Crippen molar-refractivity contribution in [2.75, 3.05) is 13.1 Å². The first-order valence-electron chi connectivity index (χ1n) is 9.54. The summed E-state index contributed by atoms with van der Waals surface area (Å²) in [5, 5.41) is 0.924. The number of benzene rings is 2. The second-order valence-corrected chi connectivity index (χ2v) is 9.17. The Morgan fingerprint density at radius 2 is 1.69 bits per heavy atom. The molecule has 3 nitrogen and oxygen atoms in total. The third kappa shape index (κ3) is 4.20. The molecule has 0 unspecified atom stereocenters. The van der Waals surface area contributed by atoms with Crippen LogP contribution in [0, 0.1) is 0 Å². The zero-order valence-electron chi connectivity index (χ0n) is 16.5. The van der Waals surface area contributed by atoms with Crippen molar-refractivity contribution in [2.45, 2.75) is 43.8 Å². The molecule has 2 aromatic rings. The second-order valence-electron chi connectivity index (χ2n) is 8.16. The molecule has 2 aliphatic heterocycles. The van der Waals surface area contributed by atoms with Crippen LogP contribution < -0.4 is 0 Å². The molecule has 2 heterocycles. The fourth-order valence-corrected chi connectivity index (χ4v) is 4.63. The summed E-state index contributed by atoms with van der Waals surface area (Å²) in [6, 6.07) is 11.3. The molecule has 0 saturated heterocycles. The smallest absolute Gasteiger partial charge is 0.305 e. The molecule has 2 aliphatic rings. The topological polar surface area (TPSA) is 28.0 Å². The number of thioether (sulfide) groups is 1. The van der Waals surface area contributed by atoms with Crippen molar-refractivity contribution < 1.29 is 13.2 Å². The number of hydrogen-bond acceptors (Lipinski definition) is 3. The molecule has 0 atom stereocenters. The molecule has 0 saturated carbocycles. The summed E-state index contributed by atoms with van der Waals surface area (Å²) in [5.74, 6) is 0.937. The van der Waals surface area contributed by atoms with Crippen LogP contribution in [0.1, 0.15) is 38.3 Å². The maximum Gasteiger partial charge on any atom is 0.416 e. The van der Waals surface area contributed by atoms with Gasteiger partial charge in [0.25, 0.3) is 0 Å². The third-order valence-corrected chi connectivity index (χ3v) is 5.74. The van der Waals surface area contributed by atoms with Gasteiger partial charge >= 0.3 is 6.18 Å². The van der Waals surface area contributed by atoms with E-state index in [9.17, 15) is 13.2 Å². The Bertz CT molecular complexity index is 986. The van der Waals surface area contributed by atoms with E-state index < -0.39 is 11.7 Å². The maximum atomic E-state index is 12.8. The van der Waals surface area contributed by atoms with Gasteiger partial charge in [-0.3, -0.25) is 9.98 Å². The van der Waals surface area contributed by atoms with Gasteiger partial charge in [0, 0.05) is 23.5 Å². The van der Waals surface area contributed by atoms with Crippen molar-refractivity contribution in [1.82, 2.24) is 4.90 Å². The highest BCUT2D eigenvalue weighted by Crippen LogP contribution is 2.38. The summed E-state index contributed by atoms with van der Waals surface area (Å²) < 4.78 is 38.5. The van der Waals surface area contributed by atoms with Crippen molar-refractivity contribution in [3.05, 3.63) is 53.6 Å². The van der Waals surface area contributed by atoms with Crippen LogP contribution in [-0.2, 0) is 6.18 Å². The lowest BCUT2D eigenvalue weighted by atomic mass is 10.0. The monoisotopic (exact) mass is 417 g/mol. The molecular formula is C22H22F3N3S. The Balaban J connectivity index is 1.74. The van der Waals surface area contributed by atoms with E-state index in [1.54, 1.807) is 11.8 Å². The van der Waals surface area contributed by atoms with Gasteiger partial charge < -0.3 is 4.90 Å². The van der Waals surface area contributed by atoms with E-state index in [1.165, 1.54) is 12.1 Å². The van der Waals surface area contributed by atoms with Gasteiger partial charge in [-0.25, -0.2) is 0 Å². The Hall–Kier alpha value is -2.28. The molecule has 0 amide bonds. The first-order valence-corrected chi connectivity index (χ1v) is 10.4. The minimum absolute atomic E-state index is 0.215. The summed E-state index contributed by atoms with van der Waals surface area (Å²) in [4.78, 5) is 12.8. The van der Waals surface area contributed by atoms with Crippen LogP contribution in [-0.4, -0.2) is 34.5 Å². The molecule has 2 aromatic carbocycles. The average Bonchev–Trinajstić information content (AvgIpc) is 2.66. The summed E-state index contributed by atoms with van der Waals surface area (Å²) in [5.41, 5.74) is 1.83. The highest BCUT2D eigenvalue weighted by Gasteiger charge is 2.32. The second kappa shape index (κ2) is 7.20. The lowest BCUT2D eigenvalue weighted by molar-refractivity contribution is -0.137. The van der Waals surface area contributed by atoms with Gasteiger partial charge in [-0.2, -0.15) is 13.2 Å². The standard InChI is InChI=1S/C22H22F3N3S/c1-21(2,3)27-20-28-12-4-11-26-19(28)17-10-7-15(13-18(17)29-20)14-5-8-16(9-6-14)22(23,24)25/h5-10,13H,4,11-12H2,1-3H3. The molecule has 0 radical (unpaired) electrons. The highest BCUT2D eigenvalue weighted by atomic mass is 32.2. The van der Waals surface area contributed by atoms with E-state index in [0.29, 0.717) is 0 Å². The van der Waals surface area contributed by atoms with Gasteiger partial charge in [0.2, 0.25) is 0 Å². The molecule has 7 heteroatoms. The molecule has 0 fully saturated rings. The molecule has 0 N–H and O–H groups in total. The SMILES string of the molecule is CC(C)(C)N=C1Sc2cc(-c3ccc(C(F)(F)F)cc3)ccc2C2=NCCCN12. The number of amidine groups is 2. The van der Waals surface area contributed by atoms with E-state index in [4.69, 9.17) is 9.98 Å². The number of hydrogen-bond donors (Lipinski definition) is 0. The molecule has 0 spiro atoms. The summed E-state index contributed by atoms with van der Waals surface area (Å²) in [7, 11) is 0. The van der Waals surface area contributed by atoms with Crippen LogP contribution in [0.2, 0.25) is 0 Å².